The van der Waals surface area contributed by atoms with Crippen LogP contribution in [-0.2, 0) is 4.79 Å². The van der Waals surface area contributed by atoms with Crippen molar-refractivity contribution < 1.29 is 4.79 Å². The predicted molar refractivity (Wildman–Crippen MR) is 92.0 cm³/mol. The van der Waals surface area contributed by atoms with E-state index < -0.39 is 0 Å². The maximum atomic E-state index is 12.5. The molecule has 2 aromatic rings. The van der Waals surface area contributed by atoms with Crippen molar-refractivity contribution in [3.05, 3.63) is 64.0 Å². The Labute approximate surface area is 138 Å². The number of H-pyrrole nitrogens is 1. The standard InChI is InChI=1S/C17H17N3O2S/c1-3-8-23-17-19-15-14(16(22)20-17)12(9-13(21)18-15)11-6-4-10(2)5-7-11/h3-7,12H,1,8-9H2,2H3,(H2,18,19,20,21,22)/t12-/m1/s1. The number of amides is 1. The first-order chi connectivity index (χ1) is 11.1. The van der Waals surface area contributed by atoms with E-state index >= 15 is 0 Å². The van der Waals surface area contributed by atoms with Gasteiger partial charge in [-0.25, -0.2) is 4.98 Å². The number of carbonyl (C=O) groups is 1. The second kappa shape index (κ2) is 6.42. The van der Waals surface area contributed by atoms with Crippen LogP contribution in [0, 0.1) is 6.92 Å². The summed E-state index contributed by atoms with van der Waals surface area (Å²) in [6.45, 7) is 5.65. The maximum Gasteiger partial charge on any atom is 0.257 e. The minimum atomic E-state index is -0.269. The van der Waals surface area contributed by atoms with E-state index in [0.717, 1.165) is 11.1 Å². The van der Waals surface area contributed by atoms with Gasteiger partial charge in [0, 0.05) is 18.1 Å². The highest BCUT2D eigenvalue weighted by atomic mass is 32.2. The van der Waals surface area contributed by atoms with E-state index in [2.05, 4.69) is 21.9 Å². The monoisotopic (exact) mass is 327 g/mol. The molecule has 23 heavy (non-hydrogen) atoms. The second-order valence-electron chi connectivity index (χ2n) is 5.45. The number of hydrogen-bond acceptors (Lipinski definition) is 4. The Balaban J connectivity index is 2.06. The number of aryl methyl sites for hydroxylation is 1. The Bertz CT molecular complexity index is 812. The zero-order valence-corrected chi connectivity index (χ0v) is 13.6. The van der Waals surface area contributed by atoms with Crippen LogP contribution in [0.15, 0.2) is 46.9 Å². The Morgan fingerprint density at radius 3 is 2.78 bits per heavy atom. The molecule has 6 heteroatoms. The third-order valence-corrected chi connectivity index (χ3v) is 4.62. The van der Waals surface area contributed by atoms with Gasteiger partial charge in [0.05, 0.1) is 5.56 Å². The summed E-state index contributed by atoms with van der Waals surface area (Å²) in [5.74, 6) is 0.605. The number of rotatable bonds is 4. The molecule has 118 valence electrons. The highest BCUT2D eigenvalue weighted by Gasteiger charge is 2.30. The average molecular weight is 327 g/mol. The number of nitrogens with one attached hydrogen (secondary N) is 2. The fourth-order valence-electron chi connectivity index (χ4n) is 2.64. The first kappa shape index (κ1) is 15.6. The third kappa shape index (κ3) is 3.22. The first-order valence-electron chi connectivity index (χ1n) is 7.33. The molecule has 1 atom stereocenters. The van der Waals surface area contributed by atoms with Gasteiger partial charge in [-0.05, 0) is 12.5 Å². The lowest BCUT2D eigenvalue weighted by atomic mass is 9.86. The molecule has 0 saturated carbocycles. The zero-order valence-electron chi connectivity index (χ0n) is 12.8. The van der Waals surface area contributed by atoms with Gasteiger partial charge < -0.3 is 10.3 Å². The highest BCUT2D eigenvalue weighted by Crippen LogP contribution is 2.34. The summed E-state index contributed by atoms with van der Waals surface area (Å²) in [6, 6.07) is 7.89. The molecule has 0 bridgehead atoms. The molecule has 0 aliphatic carbocycles. The molecule has 1 aliphatic heterocycles. The Morgan fingerprint density at radius 2 is 2.09 bits per heavy atom. The van der Waals surface area contributed by atoms with Gasteiger partial charge in [-0.2, -0.15) is 0 Å². The van der Waals surface area contributed by atoms with Gasteiger partial charge in [-0.3, -0.25) is 9.59 Å². The summed E-state index contributed by atoms with van der Waals surface area (Å²) in [5.41, 5.74) is 2.41. The van der Waals surface area contributed by atoms with E-state index in [9.17, 15) is 9.59 Å². The Kier molecular flexibility index (Phi) is 4.34. The summed E-state index contributed by atoms with van der Waals surface area (Å²) >= 11 is 1.37. The van der Waals surface area contributed by atoms with Crippen molar-refractivity contribution >= 4 is 23.5 Å². The molecule has 0 spiro atoms. The van der Waals surface area contributed by atoms with Crippen molar-refractivity contribution in [2.45, 2.75) is 24.4 Å². The molecule has 0 radical (unpaired) electrons. The molecule has 1 aromatic heterocycles. The Hall–Kier alpha value is -2.34. The lowest BCUT2D eigenvalue weighted by Gasteiger charge is -2.24. The van der Waals surface area contributed by atoms with Crippen LogP contribution < -0.4 is 10.9 Å². The van der Waals surface area contributed by atoms with E-state index in [1.165, 1.54) is 11.8 Å². The SMILES string of the molecule is C=CCSc1nc2c(c(=O)[nH]1)[C@@H](c1ccc(C)cc1)CC(=O)N2. The molecule has 1 amide bonds. The van der Waals surface area contributed by atoms with Crippen LogP contribution in [0.1, 0.15) is 29.0 Å². The highest BCUT2D eigenvalue weighted by molar-refractivity contribution is 7.99. The van der Waals surface area contributed by atoms with Gasteiger partial charge in [-0.1, -0.05) is 47.7 Å². The van der Waals surface area contributed by atoms with Gasteiger partial charge in [0.1, 0.15) is 5.82 Å². The van der Waals surface area contributed by atoms with Crippen molar-refractivity contribution in [2.24, 2.45) is 0 Å². The van der Waals surface area contributed by atoms with Crippen LogP contribution in [0.5, 0.6) is 0 Å². The van der Waals surface area contributed by atoms with Gasteiger partial charge in [-0.15, -0.1) is 6.58 Å². The van der Waals surface area contributed by atoms with Crippen molar-refractivity contribution in [1.82, 2.24) is 9.97 Å². The van der Waals surface area contributed by atoms with Gasteiger partial charge in [0.2, 0.25) is 5.91 Å². The average Bonchev–Trinajstić information content (AvgIpc) is 2.52. The van der Waals surface area contributed by atoms with E-state index in [4.69, 9.17) is 0 Å². The third-order valence-electron chi connectivity index (χ3n) is 3.75. The zero-order chi connectivity index (χ0) is 16.4. The molecule has 0 unspecified atom stereocenters. The normalized spacial score (nSPS) is 16.6. The maximum absolute atomic E-state index is 12.5. The second-order valence-corrected chi connectivity index (χ2v) is 6.46. The number of thioether (sulfide) groups is 1. The number of hydrogen-bond donors (Lipinski definition) is 2. The molecule has 2 heterocycles. The van der Waals surface area contributed by atoms with Gasteiger partial charge in [0.15, 0.2) is 5.16 Å². The van der Waals surface area contributed by atoms with Crippen molar-refractivity contribution in [3.8, 4) is 0 Å². The number of aromatic nitrogens is 2. The summed E-state index contributed by atoms with van der Waals surface area (Å²) in [6.07, 6.45) is 1.98. The van der Waals surface area contributed by atoms with Crippen LogP contribution in [0.25, 0.3) is 0 Å². The van der Waals surface area contributed by atoms with Crippen LogP contribution in [-0.4, -0.2) is 21.6 Å². The van der Waals surface area contributed by atoms with E-state index in [0.29, 0.717) is 22.3 Å². The Morgan fingerprint density at radius 1 is 1.35 bits per heavy atom. The minimum Gasteiger partial charge on any atom is -0.310 e. The number of carbonyl (C=O) groups excluding carboxylic acids is 1. The molecule has 3 rings (SSSR count). The van der Waals surface area contributed by atoms with Crippen LogP contribution in [0.4, 0.5) is 5.82 Å². The lowest BCUT2D eigenvalue weighted by molar-refractivity contribution is -0.116. The van der Waals surface area contributed by atoms with Crippen LogP contribution in [0.3, 0.4) is 0 Å². The topological polar surface area (TPSA) is 74.8 Å². The predicted octanol–water partition coefficient (Wildman–Crippen LogP) is 2.83. The van der Waals surface area contributed by atoms with Crippen LogP contribution in [0.2, 0.25) is 0 Å². The molecular formula is C17H17N3O2S. The van der Waals surface area contributed by atoms with E-state index in [1.807, 2.05) is 31.2 Å². The molecular weight excluding hydrogens is 310 g/mol. The summed E-state index contributed by atoms with van der Waals surface area (Å²) in [7, 11) is 0. The van der Waals surface area contributed by atoms with Crippen molar-refractivity contribution in [1.29, 1.82) is 0 Å². The molecule has 1 aromatic carbocycles. The van der Waals surface area contributed by atoms with Gasteiger partial charge >= 0.3 is 0 Å². The summed E-state index contributed by atoms with van der Waals surface area (Å²) in [4.78, 5) is 31.7. The van der Waals surface area contributed by atoms with Crippen molar-refractivity contribution in [2.75, 3.05) is 11.1 Å². The quantitative estimate of drug-likeness (QED) is 0.514. The molecule has 2 N–H and O–H groups in total. The molecule has 1 aliphatic rings. The van der Waals surface area contributed by atoms with E-state index in [1.54, 1.807) is 6.08 Å². The number of fused-ring (bicyclic) bond motifs is 1. The number of nitrogens with zero attached hydrogens (tertiary/aromatic N) is 1. The molecule has 0 saturated heterocycles. The van der Waals surface area contributed by atoms with Crippen LogP contribution >= 0.6 is 11.8 Å². The lowest BCUT2D eigenvalue weighted by Crippen LogP contribution is -2.31. The number of anilines is 1. The number of benzene rings is 1. The minimum absolute atomic E-state index is 0.124. The fraction of sp³-hybridized carbons (Fsp3) is 0.235. The van der Waals surface area contributed by atoms with Gasteiger partial charge in [0.25, 0.3) is 5.56 Å². The van der Waals surface area contributed by atoms with E-state index in [-0.39, 0.29) is 23.8 Å². The van der Waals surface area contributed by atoms with Crippen molar-refractivity contribution in [3.63, 3.8) is 0 Å². The molecule has 5 nitrogen and oxygen atoms in total. The largest absolute Gasteiger partial charge is 0.310 e. The molecule has 0 fully saturated rings. The summed E-state index contributed by atoms with van der Waals surface area (Å²) in [5, 5.41) is 3.20. The first-order valence-corrected chi connectivity index (χ1v) is 8.31. The fourth-order valence-corrected chi connectivity index (χ4v) is 3.24. The number of aromatic amines is 1. The smallest absolute Gasteiger partial charge is 0.257 e. The summed E-state index contributed by atoms with van der Waals surface area (Å²) < 4.78 is 0.